The van der Waals surface area contributed by atoms with E-state index < -0.39 is 40.7 Å². The normalized spacial score (nSPS) is 17.5. The van der Waals surface area contributed by atoms with Crippen LogP contribution in [-0.4, -0.2) is 17.6 Å². The largest absolute Gasteiger partial charge is 0.419 e. The van der Waals surface area contributed by atoms with Crippen molar-refractivity contribution < 1.29 is 35.5 Å². The lowest BCUT2D eigenvalue weighted by molar-refractivity contribution is -0.163. The van der Waals surface area contributed by atoms with Crippen LogP contribution in [-0.2, 0) is 6.18 Å². The van der Waals surface area contributed by atoms with Crippen molar-refractivity contribution in [2.75, 3.05) is 0 Å². The van der Waals surface area contributed by atoms with E-state index in [-0.39, 0.29) is 12.8 Å². The van der Waals surface area contributed by atoms with Gasteiger partial charge in [-0.05, 0) is 25.0 Å². The lowest BCUT2D eigenvalue weighted by Gasteiger charge is -2.21. The molecule has 1 fully saturated rings. The molecule has 0 aliphatic heterocycles. The van der Waals surface area contributed by atoms with Gasteiger partial charge in [-0.2, -0.15) is 26.3 Å². The quantitative estimate of drug-likeness (QED) is 0.829. The van der Waals surface area contributed by atoms with Crippen LogP contribution in [0.1, 0.15) is 28.8 Å². The summed E-state index contributed by atoms with van der Waals surface area (Å²) < 4.78 is 89.0. The van der Waals surface area contributed by atoms with Gasteiger partial charge < -0.3 is 5.32 Å². The van der Waals surface area contributed by atoms with Gasteiger partial charge in [0.2, 0.25) is 0 Å². The molecule has 21 heavy (non-hydrogen) atoms. The van der Waals surface area contributed by atoms with Crippen LogP contribution in [0.3, 0.4) is 0 Å². The average Bonchev–Trinajstić information content (AvgIpc) is 3.07. The molecular formula is C12H8F7NO. The van der Waals surface area contributed by atoms with E-state index in [4.69, 9.17) is 0 Å². The van der Waals surface area contributed by atoms with E-state index in [2.05, 4.69) is 0 Å². The Morgan fingerprint density at radius 1 is 1.10 bits per heavy atom. The van der Waals surface area contributed by atoms with Crippen LogP contribution < -0.4 is 5.32 Å². The number of hydrogen-bond acceptors (Lipinski definition) is 1. The molecule has 116 valence electrons. The summed E-state index contributed by atoms with van der Waals surface area (Å²) in [6.45, 7) is 0. The molecule has 1 aliphatic carbocycles. The molecule has 2 nitrogen and oxygen atoms in total. The summed E-state index contributed by atoms with van der Waals surface area (Å²) in [6, 6.07) is 1.86. The molecule has 0 atom stereocenters. The Labute approximate surface area is 113 Å². The van der Waals surface area contributed by atoms with Crippen LogP contribution in [0.25, 0.3) is 0 Å². The highest BCUT2D eigenvalue weighted by molar-refractivity contribution is 5.95. The average molecular weight is 315 g/mol. The highest BCUT2D eigenvalue weighted by Crippen LogP contribution is 2.49. The fourth-order valence-corrected chi connectivity index (χ4v) is 1.82. The molecule has 1 aliphatic rings. The van der Waals surface area contributed by atoms with Gasteiger partial charge >= 0.3 is 12.4 Å². The number of nitrogens with one attached hydrogen (secondary N) is 1. The second-order valence-electron chi connectivity index (χ2n) is 4.70. The van der Waals surface area contributed by atoms with E-state index in [1.807, 2.05) is 0 Å². The molecule has 0 saturated heterocycles. The summed E-state index contributed by atoms with van der Waals surface area (Å²) in [5, 5.41) is 1.57. The number of rotatable bonds is 2. The lowest BCUT2D eigenvalue weighted by Crippen LogP contribution is -2.48. The van der Waals surface area contributed by atoms with E-state index in [0.717, 1.165) is 6.07 Å². The maximum absolute atomic E-state index is 13.6. The van der Waals surface area contributed by atoms with Crippen LogP contribution in [0.2, 0.25) is 0 Å². The Hall–Kier alpha value is -1.80. The van der Waals surface area contributed by atoms with Gasteiger partial charge in [0.15, 0.2) is 0 Å². The summed E-state index contributed by atoms with van der Waals surface area (Å²) in [4.78, 5) is 11.6. The molecule has 2 rings (SSSR count). The summed E-state index contributed by atoms with van der Waals surface area (Å²) >= 11 is 0. The van der Waals surface area contributed by atoms with Gasteiger partial charge in [0.25, 0.3) is 5.91 Å². The zero-order chi connectivity index (χ0) is 16.1. The topological polar surface area (TPSA) is 29.1 Å². The van der Waals surface area contributed by atoms with Crippen LogP contribution >= 0.6 is 0 Å². The Balaban J connectivity index is 2.30. The van der Waals surface area contributed by atoms with Crippen molar-refractivity contribution in [3.63, 3.8) is 0 Å². The van der Waals surface area contributed by atoms with Crippen LogP contribution in [0, 0.1) is 5.82 Å². The van der Waals surface area contributed by atoms with Gasteiger partial charge in [0.1, 0.15) is 11.4 Å². The highest BCUT2D eigenvalue weighted by atomic mass is 19.4. The predicted molar refractivity (Wildman–Crippen MR) is 56.9 cm³/mol. The summed E-state index contributed by atoms with van der Waals surface area (Å²) in [5.74, 6) is -3.41. The number of halogens is 7. The maximum Gasteiger partial charge on any atom is 0.419 e. The summed E-state index contributed by atoms with van der Waals surface area (Å²) in [7, 11) is 0. The van der Waals surface area contributed by atoms with E-state index in [9.17, 15) is 35.5 Å². The summed E-state index contributed by atoms with van der Waals surface area (Å²) in [6.07, 6.45) is -10.5. The minimum atomic E-state index is -5.04. The van der Waals surface area contributed by atoms with Gasteiger partial charge in [0.05, 0.1) is 11.1 Å². The fourth-order valence-electron chi connectivity index (χ4n) is 1.82. The van der Waals surface area contributed by atoms with Gasteiger partial charge in [-0.3, -0.25) is 4.79 Å². The standard InChI is InChI=1S/C12H8F7NO/c13-8-6(2-1-3-7(8)11(14,15)16)9(21)20-10(4-5-10)12(17,18)19/h1-3H,4-5H2,(H,20,21). The number of hydrogen-bond donors (Lipinski definition) is 1. The van der Waals surface area contributed by atoms with E-state index in [1.165, 1.54) is 0 Å². The first-order valence-electron chi connectivity index (χ1n) is 5.73. The van der Waals surface area contributed by atoms with Gasteiger partial charge in [0, 0.05) is 0 Å². The molecule has 0 aromatic heterocycles. The Morgan fingerprint density at radius 3 is 2.10 bits per heavy atom. The maximum atomic E-state index is 13.6. The molecule has 0 spiro atoms. The lowest BCUT2D eigenvalue weighted by atomic mass is 10.1. The Morgan fingerprint density at radius 2 is 1.67 bits per heavy atom. The molecular weight excluding hydrogens is 307 g/mol. The first kappa shape index (κ1) is 15.6. The molecule has 1 amide bonds. The SMILES string of the molecule is O=C(NC1(C(F)(F)F)CC1)c1cccc(C(F)(F)F)c1F. The van der Waals surface area contributed by atoms with Crippen molar-refractivity contribution in [2.45, 2.75) is 30.7 Å². The van der Waals surface area contributed by atoms with Crippen molar-refractivity contribution in [1.29, 1.82) is 0 Å². The molecule has 1 aromatic carbocycles. The number of amides is 1. The van der Waals surface area contributed by atoms with Crippen LogP contribution in [0.15, 0.2) is 18.2 Å². The van der Waals surface area contributed by atoms with Crippen molar-refractivity contribution in [3.8, 4) is 0 Å². The van der Waals surface area contributed by atoms with Gasteiger partial charge in [-0.15, -0.1) is 0 Å². The predicted octanol–water partition coefficient (Wildman–Crippen LogP) is 3.67. The smallest absolute Gasteiger partial charge is 0.338 e. The first-order chi connectivity index (χ1) is 9.48. The molecule has 9 heteroatoms. The zero-order valence-electron chi connectivity index (χ0n) is 10.2. The zero-order valence-corrected chi connectivity index (χ0v) is 10.2. The van der Waals surface area contributed by atoms with E-state index in [0.29, 0.717) is 12.1 Å². The third-order valence-electron chi connectivity index (χ3n) is 3.19. The monoisotopic (exact) mass is 315 g/mol. The van der Waals surface area contributed by atoms with Crippen LogP contribution in [0.5, 0.6) is 0 Å². The van der Waals surface area contributed by atoms with Gasteiger partial charge in [-0.25, -0.2) is 4.39 Å². The highest BCUT2D eigenvalue weighted by Gasteiger charge is 2.64. The molecule has 0 bridgehead atoms. The van der Waals surface area contributed by atoms with Gasteiger partial charge in [-0.1, -0.05) is 6.07 Å². The number of benzene rings is 1. The molecule has 1 N–H and O–H groups in total. The minimum Gasteiger partial charge on any atom is -0.338 e. The minimum absolute atomic E-state index is 0.386. The van der Waals surface area contributed by atoms with E-state index >= 15 is 0 Å². The number of alkyl halides is 6. The third kappa shape index (κ3) is 2.81. The second-order valence-corrected chi connectivity index (χ2v) is 4.70. The molecule has 0 heterocycles. The first-order valence-corrected chi connectivity index (χ1v) is 5.73. The second kappa shape index (κ2) is 4.60. The van der Waals surface area contributed by atoms with Crippen molar-refractivity contribution in [3.05, 3.63) is 35.1 Å². The molecule has 1 saturated carbocycles. The molecule has 0 radical (unpaired) electrons. The van der Waals surface area contributed by atoms with Crippen molar-refractivity contribution in [2.24, 2.45) is 0 Å². The molecule has 1 aromatic rings. The fraction of sp³-hybridized carbons (Fsp3) is 0.417. The number of carbonyl (C=O) groups excluding carboxylic acids is 1. The van der Waals surface area contributed by atoms with Crippen LogP contribution in [0.4, 0.5) is 30.7 Å². The van der Waals surface area contributed by atoms with Crippen molar-refractivity contribution >= 4 is 5.91 Å². The molecule has 0 unspecified atom stereocenters. The Bertz CT molecular complexity index is 572. The van der Waals surface area contributed by atoms with E-state index in [1.54, 1.807) is 5.32 Å². The summed E-state index contributed by atoms with van der Waals surface area (Å²) in [5.41, 5.74) is -5.24. The van der Waals surface area contributed by atoms with Crippen molar-refractivity contribution in [1.82, 2.24) is 5.32 Å². The number of carbonyl (C=O) groups is 1. The third-order valence-corrected chi connectivity index (χ3v) is 3.19. The Kier molecular flexibility index (Phi) is 3.42.